The van der Waals surface area contributed by atoms with Crippen molar-refractivity contribution in [3.05, 3.63) is 52.3 Å². The lowest BCUT2D eigenvalue weighted by atomic mass is 10.0. The van der Waals surface area contributed by atoms with Crippen molar-refractivity contribution >= 4 is 0 Å². The van der Waals surface area contributed by atoms with E-state index in [0.717, 1.165) is 29.1 Å². The fourth-order valence-corrected chi connectivity index (χ4v) is 2.81. The predicted octanol–water partition coefficient (Wildman–Crippen LogP) is 3.73. The SMILES string of the molecule is Cc1nn(C)c(C)c1C(C)NC(C)c1cc(F)ccc1F. The molecule has 21 heavy (non-hydrogen) atoms. The molecule has 1 heterocycles. The number of aryl methyl sites for hydroxylation is 2. The molecule has 1 aromatic heterocycles. The average Bonchev–Trinajstić information content (AvgIpc) is 2.66. The van der Waals surface area contributed by atoms with Gasteiger partial charge in [0.2, 0.25) is 0 Å². The first-order chi connectivity index (χ1) is 9.81. The van der Waals surface area contributed by atoms with Crippen LogP contribution in [-0.4, -0.2) is 9.78 Å². The summed E-state index contributed by atoms with van der Waals surface area (Å²) >= 11 is 0. The van der Waals surface area contributed by atoms with Crippen LogP contribution in [0.3, 0.4) is 0 Å². The summed E-state index contributed by atoms with van der Waals surface area (Å²) in [5.41, 5.74) is 3.45. The molecule has 5 heteroatoms. The van der Waals surface area contributed by atoms with Gasteiger partial charge in [0.1, 0.15) is 11.6 Å². The molecule has 0 aliphatic heterocycles. The second-order valence-corrected chi connectivity index (χ2v) is 5.48. The number of aromatic nitrogens is 2. The first-order valence-electron chi connectivity index (χ1n) is 7.02. The van der Waals surface area contributed by atoms with Gasteiger partial charge in [-0.1, -0.05) is 0 Å². The average molecular weight is 293 g/mol. The largest absolute Gasteiger partial charge is 0.303 e. The van der Waals surface area contributed by atoms with Crippen molar-refractivity contribution in [2.75, 3.05) is 0 Å². The van der Waals surface area contributed by atoms with Gasteiger partial charge in [-0.2, -0.15) is 5.10 Å². The van der Waals surface area contributed by atoms with Crippen molar-refractivity contribution in [1.82, 2.24) is 15.1 Å². The highest BCUT2D eigenvalue weighted by atomic mass is 19.1. The Morgan fingerprint density at radius 2 is 1.81 bits per heavy atom. The van der Waals surface area contributed by atoms with Crippen LogP contribution < -0.4 is 5.32 Å². The van der Waals surface area contributed by atoms with Gasteiger partial charge in [0.15, 0.2) is 0 Å². The molecule has 3 nitrogen and oxygen atoms in total. The monoisotopic (exact) mass is 293 g/mol. The molecule has 2 rings (SSSR count). The van der Waals surface area contributed by atoms with Gasteiger partial charge in [0.25, 0.3) is 0 Å². The van der Waals surface area contributed by atoms with E-state index >= 15 is 0 Å². The molecular formula is C16H21F2N3. The minimum Gasteiger partial charge on any atom is -0.303 e. The Morgan fingerprint density at radius 1 is 1.14 bits per heavy atom. The zero-order valence-electron chi connectivity index (χ0n) is 13.0. The summed E-state index contributed by atoms with van der Waals surface area (Å²) in [5, 5.41) is 7.70. The van der Waals surface area contributed by atoms with Crippen molar-refractivity contribution < 1.29 is 8.78 Å². The molecule has 114 valence electrons. The van der Waals surface area contributed by atoms with Gasteiger partial charge in [0, 0.05) is 36.0 Å². The Balaban J connectivity index is 2.22. The third-order valence-electron chi connectivity index (χ3n) is 3.92. The summed E-state index contributed by atoms with van der Waals surface area (Å²) in [4.78, 5) is 0. The first-order valence-corrected chi connectivity index (χ1v) is 7.02. The second-order valence-electron chi connectivity index (χ2n) is 5.48. The van der Waals surface area contributed by atoms with Crippen molar-refractivity contribution in [2.45, 2.75) is 39.8 Å². The van der Waals surface area contributed by atoms with E-state index in [0.29, 0.717) is 5.56 Å². The number of nitrogens with zero attached hydrogens (tertiary/aromatic N) is 2. The van der Waals surface area contributed by atoms with Gasteiger partial charge in [-0.3, -0.25) is 4.68 Å². The summed E-state index contributed by atoms with van der Waals surface area (Å²) in [6.07, 6.45) is 0. The fraction of sp³-hybridized carbons (Fsp3) is 0.438. The molecule has 0 spiro atoms. The quantitative estimate of drug-likeness (QED) is 0.931. The number of nitrogens with one attached hydrogen (secondary N) is 1. The molecule has 1 N–H and O–H groups in total. The third kappa shape index (κ3) is 3.13. The highest BCUT2D eigenvalue weighted by Gasteiger charge is 2.20. The normalized spacial score (nSPS) is 14.2. The Hall–Kier alpha value is -1.75. The third-order valence-corrected chi connectivity index (χ3v) is 3.92. The highest BCUT2D eigenvalue weighted by Crippen LogP contribution is 2.25. The Morgan fingerprint density at radius 3 is 2.38 bits per heavy atom. The van der Waals surface area contributed by atoms with E-state index in [2.05, 4.69) is 10.4 Å². The van der Waals surface area contributed by atoms with Crippen molar-refractivity contribution in [2.24, 2.45) is 7.05 Å². The molecule has 2 unspecified atom stereocenters. The molecule has 0 aliphatic carbocycles. The molecule has 2 atom stereocenters. The summed E-state index contributed by atoms with van der Waals surface area (Å²) < 4.78 is 28.9. The maximum atomic E-state index is 13.8. The maximum absolute atomic E-state index is 13.8. The standard InChI is InChI=1S/C16H21F2N3/c1-9(14-8-13(17)6-7-15(14)18)19-10(2)16-11(3)20-21(5)12(16)4/h6-10,19H,1-5H3. The van der Waals surface area contributed by atoms with E-state index in [4.69, 9.17) is 0 Å². The maximum Gasteiger partial charge on any atom is 0.128 e. The van der Waals surface area contributed by atoms with Crippen LogP contribution in [0.15, 0.2) is 18.2 Å². The number of rotatable bonds is 4. The number of hydrogen-bond donors (Lipinski definition) is 1. The van der Waals surface area contributed by atoms with E-state index in [9.17, 15) is 8.78 Å². The smallest absolute Gasteiger partial charge is 0.128 e. The number of halogens is 2. The van der Waals surface area contributed by atoms with Crippen LogP contribution in [0, 0.1) is 25.5 Å². The summed E-state index contributed by atoms with van der Waals surface area (Å²) in [5.74, 6) is -0.829. The van der Waals surface area contributed by atoms with E-state index in [-0.39, 0.29) is 12.1 Å². The van der Waals surface area contributed by atoms with Crippen molar-refractivity contribution in [1.29, 1.82) is 0 Å². The van der Waals surface area contributed by atoms with Crippen LogP contribution in [0.5, 0.6) is 0 Å². The Bertz CT molecular complexity index is 649. The molecular weight excluding hydrogens is 272 g/mol. The van der Waals surface area contributed by atoms with Gasteiger partial charge in [-0.05, 0) is 45.9 Å². The molecule has 0 fully saturated rings. The van der Waals surface area contributed by atoms with Crippen molar-refractivity contribution in [3.8, 4) is 0 Å². The minimum atomic E-state index is -0.429. The molecule has 0 saturated carbocycles. The van der Waals surface area contributed by atoms with Crippen LogP contribution in [0.1, 0.15) is 48.4 Å². The molecule has 0 bridgehead atoms. The topological polar surface area (TPSA) is 29.9 Å². The van der Waals surface area contributed by atoms with Crippen LogP contribution in [0.25, 0.3) is 0 Å². The van der Waals surface area contributed by atoms with E-state index < -0.39 is 11.6 Å². The van der Waals surface area contributed by atoms with Crippen LogP contribution in [-0.2, 0) is 7.05 Å². The Kier molecular flexibility index (Phi) is 4.42. The van der Waals surface area contributed by atoms with Crippen LogP contribution >= 0.6 is 0 Å². The molecule has 0 radical (unpaired) electrons. The van der Waals surface area contributed by atoms with Gasteiger partial charge in [-0.15, -0.1) is 0 Å². The van der Waals surface area contributed by atoms with Gasteiger partial charge >= 0.3 is 0 Å². The lowest BCUT2D eigenvalue weighted by molar-refractivity contribution is 0.467. The second kappa shape index (κ2) is 5.93. The minimum absolute atomic E-state index is 0.00336. The molecule has 1 aromatic carbocycles. The van der Waals surface area contributed by atoms with Gasteiger partial charge in [0.05, 0.1) is 5.69 Å². The van der Waals surface area contributed by atoms with Crippen LogP contribution in [0.2, 0.25) is 0 Å². The summed E-state index contributed by atoms with van der Waals surface area (Å²) in [6.45, 7) is 7.79. The number of hydrogen-bond acceptors (Lipinski definition) is 2. The lowest BCUT2D eigenvalue weighted by Crippen LogP contribution is -2.24. The van der Waals surface area contributed by atoms with E-state index in [1.54, 1.807) is 0 Å². The molecule has 0 amide bonds. The first kappa shape index (κ1) is 15.6. The fourth-order valence-electron chi connectivity index (χ4n) is 2.81. The van der Waals surface area contributed by atoms with E-state index in [1.807, 2.05) is 39.4 Å². The lowest BCUT2D eigenvalue weighted by Gasteiger charge is -2.21. The highest BCUT2D eigenvalue weighted by molar-refractivity contribution is 5.29. The van der Waals surface area contributed by atoms with E-state index in [1.165, 1.54) is 6.07 Å². The van der Waals surface area contributed by atoms with Crippen LogP contribution in [0.4, 0.5) is 8.78 Å². The summed E-state index contributed by atoms with van der Waals surface area (Å²) in [6, 6.07) is 3.23. The Labute approximate surface area is 124 Å². The molecule has 0 aliphatic rings. The van der Waals surface area contributed by atoms with Gasteiger partial charge in [-0.25, -0.2) is 8.78 Å². The molecule has 0 saturated heterocycles. The van der Waals surface area contributed by atoms with Crippen molar-refractivity contribution in [3.63, 3.8) is 0 Å². The van der Waals surface area contributed by atoms with Gasteiger partial charge < -0.3 is 5.32 Å². The predicted molar refractivity (Wildman–Crippen MR) is 79.0 cm³/mol. The zero-order chi connectivity index (χ0) is 15.7. The number of benzene rings is 1. The summed E-state index contributed by atoms with van der Waals surface area (Å²) in [7, 11) is 1.90. The zero-order valence-corrected chi connectivity index (χ0v) is 13.0. The molecule has 2 aromatic rings.